The molecule has 0 radical (unpaired) electrons. The predicted octanol–water partition coefficient (Wildman–Crippen LogP) is 1.66. The van der Waals surface area contributed by atoms with Gasteiger partial charge >= 0.3 is 0 Å². The predicted molar refractivity (Wildman–Crippen MR) is 101 cm³/mol. The zero-order chi connectivity index (χ0) is 18.9. The average Bonchev–Trinajstić information content (AvgIpc) is 2.64. The molecule has 0 aliphatic rings. The highest BCUT2D eigenvalue weighted by Crippen LogP contribution is 2.16. The third-order valence-corrected chi connectivity index (χ3v) is 3.56. The van der Waals surface area contributed by atoms with E-state index >= 15 is 0 Å². The summed E-state index contributed by atoms with van der Waals surface area (Å²) in [6.07, 6.45) is 0. The number of para-hydroxylation sites is 1. The molecule has 0 aliphatic carbocycles. The third-order valence-electron chi connectivity index (χ3n) is 3.56. The molecule has 134 valence electrons. The van der Waals surface area contributed by atoms with Crippen molar-refractivity contribution in [1.82, 2.24) is 5.32 Å². The summed E-state index contributed by atoms with van der Waals surface area (Å²) < 4.78 is 5.43. The molecule has 0 atom stereocenters. The summed E-state index contributed by atoms with van der Waals surface area (Å²) in [5.41, 5.74) is 7.18. The van der Waals surface area contributed by atoms with Crippen molar-refractivity contribution in [3.05, 3.63) is 59.7 Å². The Kier molecular flexibility index (Phi) is 6.63. The molecule has 2 aromatic carbocycles. The Balaban J connectivity index is 1.80. The number of nitrogens with zero attached hydrogens (tertiary/aromatic N) is 1. The molecule has 0 heterocycles. The molecular formula is C20H21N3O3. The van der Waals surface area contributed by atoms with E-state index in [2.05, 4.69) is 17.2 Å². The summed E-state index contributed by atoms with van der Waals surface area (Å²) in [5.74, 6) is 5.23. The van der Waals surface area contributed by atoms with Crippen molar-refractivity contribution in [2.45, 2.75) is 0 Å². The Morgan fingerprint density at radius 3 is 2.42 bits per heavy atom. The topological polar surface area (TPSA) is 84.7 Å². The van der Waals surface area contributed by atoms with Crippen molar-refractivity contribution in [2.24, 2.45) is 5.73 Å². The van der Waals surface area contributed by atoms with Crippen LogP contribution in [0.1, 0.15) is 20.7 Å². The summed E-state index contributed by atoms with van der Waals surface area (Å²) >= 11 is 0. The fourth-order valence-corrected chi connectivity index (χ4v) is 2.16. The molecule has 26 heavy (non-hydrogen) atoms. The van der Waals surface area contributed by atoms with E-state index in [4.69, 9.17) is 10.5 Å². The van der Waals surface area contributed by atoms with Gasteiger partial charge in [0.15, 0.2) is 0 Å². The molecular weight excluding hydrogens is 330 g/mol. The molecule has 0 bridgehead atoms. The molecule has 2 rings (SSSR count). The lowest BCUT2D eigenvalue weighted by Crippen LogP contribution is -2.23. The molecule has 6 nitrogen and oxygen atoms in total. The van der Waals surface area contributed by atoms with Crippen LogP contribution in [0.3, 0.4) is 0 Å². The second kappa shape index (κ2) is 9.14. The first-order valence-corrected chi connectivity index (χ1v) is 8.02. The average molecular weight is 351 g/mol. The van der Waals surface area contributed by atoms with Gasteiger partial charge in [-0.25, -0.2) is 0 Å². The van der Waals surface area contributed by atoms with Gasteiger partial charge in [0, 0.05) is 25.3 Å². The molecule has 0 unspecified atom stereocenters. The summed E-state index contributed by atoms with van der Waals surface area (Å²) in [4.78, 5) is 25.3. The number of nitrogens with one attached hydrogen (secondary N) is 1. The van der Waals surface area contributed by atoms with E-state index < -0.39 is 5.91 Å². The zero-order valence-electron chi connectivity index (χ0n) is 14.8. The van der Waals surface area contributed by atoms with Gasteiger partial charge in [0.05, 0.1) is 12.1 Å². The number of carbonyl (C=O) groups excluding carboxylic acids is 2. The van der Waals surface area contributed by atoms with Gasteiger partial charge < -0.3 is 20.7 Å². The number of carbonyl (C=O) groups is 2. The van der Waals surface area contributed by atoms with E-state index in [0.717, 1.165) is 5.69 Å². The highest BCUT2D eigenvalue weighted by Gasteiger charge is 2.07. The van der Waals surface area contributed by atoms with Crippen LogP contribution in [-0.2, 0) is 0 Å². The summed E-state index contributed by atoms with van der Waals surface area (Å²) in [5, 5.41) is 2.72. The van der Waals surface area contributed by atoms with Crippen molar-refractivity contribution >= 4 is 17.5 Å². The number of nitrogens with two attached hydrogens (primary N) is 1. The summed E-state index contributed by atoms with van der Waals surface area (Å²) in [6, 6.07) is 14.0. The molecule has 0 aliphatic heterocycles. The van der Waals surface area contributed by atoms with Crippen LogP contribution in [-0.4, -0.2) is 39.1 Å². The number of primary amides is 1. The largest absolute Gasteiger partial charge is 0.480 e. The van der Waals surface area contributed by atoms with Gasteiger partial charge in [-0.15, -0.1) is 0 Å². The first kappa shape index (κ1) is 18.9. The first-order chi connectivity index (χ1) is 12.5. The number of benzene rings is 2. The van der Waals surface area contributed by atoms with E-state index in [1.54, 1.807) is 36.4 Å². The molecule has 2 amide bonds. The highest BCUT2D eigenvalue weighted by molar-refractivity contribution is 5.95. The summed E-state index contributed by atoms with van der Waals surface area (Å²) in [6.45, 7) is 0.298. The van der Waals surface area contributed by atoms with Gasteiger partial charge in [0.1, 0.15) is 12.4 Å². The zero-order valence-corrected chi connectivity index (χ0v) is 14.8. The fraction of sp³-hybridized carbons (Fsp3) is 0.200. The van der Waals surface area contributed by atoms with Gasteiger partial charge in [-0.1, -0.05) is 24.0 Å². The van der Waals surface area contributed by atoms with Crippen LogP contribution < -0.4 is 20.7 Å². The minimum absolute atomic E-state index is 0.0949. The molecule has 6 heteroatoms. The Hall–Kier alpha value is -3.46. The van der Waals surface area contributed by atoms with Crippen LogP contribution in [0.2, 0.25) is 0 Å². The minimum atomic E-state index is -0.555. The quantitative estimate of drug-likeness (QED) is 0.775. The Morgan fingerprint density at radius 2 is 1.77 bits per heavy atom. The van der Waals surface area contributed by atoms with E-state index in [0.29, 0.717) is 16.9 Å². The normalized spacial score (nSPS) is 9.62. The summed E-state index contributed by atoms with van der Waals surface area (Å²) in [7, 11) is 3.88. The lowest BCUT2D eigenvalue weighted by molar-refractivity contribution is 0.0957. The van der Waals surface area contributed by atoms with E-state index in [9.17, 15) is 9.59 Å². The highest BCUT2D eigenvalue weighted by atomic mass is 16.5. The van der Waals surface area contributed by atoms with Gasteiger partial charge in [0.25, 0.3) is 11.8 Å². The van der Waals surface area contributed by atoms with Crippen LogP contribution in [0.5, 0.6) is 5.75 Å². The number of hydrogen-bond acceptors (Lipinski definition) is 4. The number of hydrogen-bond donors (Lipinski definition) is 2. The maximum absolute atomic E-state index is 12.0. The molecule has 2 aromatic rings. The van der Waals surface area contributed by atoms with Crippen molar-refractivity contribution in [3.63, 3.8) is 0 Å². The smallest absolute Gasteiger partial charge is 0.252 e. The van der Waals surface area contributed by atoms with Crippen LogP contribution in [0.25, 0.3) is 0 Å². The molecule has 3 N–H and O–H groups in total. The number of amides is 2. The molecule has 0 saturated heterocycles. The maximum Gasteiger partial charge on any atom is 0.252 e. The van der Waals surface area contributed by atoms with Crippen LogP contribution >= 0.6 is 0 Å². The number of ether oxygens (including phenoxy) is 1. The van der Waals surface area contributed by atoms with Crippen molar-refractivity contribution in [1.29, 1.82) is 0 Å². The van der Waals surface area contributed by atoms with Crippen LogP contribution in [0.4, 0.5) is 5.69 Å². The van der Waals surface area contributed by atoms with E-state index in [1.807, 2.05) is 31.1 Å². The fourth-order valence-electron chi connectivity index (χ4n) is 2.16. The third kappa shape index (κ3) is 5.28. The first-order valence-electron chi connectivity index (χ1n) is 8.02. The van der Waals surface area contributed by atoms with Crippen molar-refractivity contribution in [3.8, 4) is 17.6 Å². The van der Waals surface area contributed by atoms with Gasteiger partial charge in [0.2, 0.25) is 0 Å². The minimum Gasteiger partial charge on any atom is -0.480 e. The lowest BCUT2D eigenvalue weighted by atomic mass is 10.2. The molecule has 0 spiro atoms. The standard InChI is InChI=1S/C20H21N3O3/c1-23(2)16-11-9-15(10-12-16)20(25)22-13-5-6-14-26-18-8-4-3-7-17(18)19(21)24/h3-4,7-12H,13-14H2,1-2H3,(H2,21,24)(H,22,25). The monoisotopic (exact) mass is 351 g/mol. The van der Waals surface area contributed by atoms with Gasteiger partial charge in [-0.05, 0) is 36.4 Å². The van der Waals surface area contributed by atoms with E-state index in [-0.39, 0.29) is 19.1 Å². The molecule has 0 fully saturated rings. The second-order valence-corrected chi connectivity index (χ2v) is 5.63. The van der Waals surface area contributed by atoms with Gasteiger partial charge in [-0.3, -0.25) is 9.59 Å². The Morgan fingerprint density at radius 1 is 1.08 bits per heavy atom. The van der Waals surface area contributed by atoms with Crippen LogP contribution in [0.15, 0.2) is 48.5 Å². The van der Waals surface area contributed by atoms with E-state index in [1.165, 1.54) is 0 Å². The van der Waals surface area contributed by atoms with Crippen LogP contribution in [0, 0.1) is 11.8 Å². The Bertz CT molecular complexity index is 833. The second-order valence-electron chi connectivity index (χ2n) is 5.63. The number of anilines is 1. The van der Waals surface area contributed by atoms with Crippen molar-refractivity contribution in [2.75, 3.05) is 32.1 Å². The Labute approximate surface area is 152 Å². The number of rotatable bonds is 6. The maximum atomic E-state index is 12.0. The molecule has 0 aromatic heterocycles. The lowest BCUT2D eigenvalue weighted by Gasteiger charge is -2.12. The SMILES string of the molecule is CN(C)c1ccc(C(=O)NCC#CCOc2ccccc2C(N)=O)cc1. The molecule has 0 saturated carbocycles. The van der Waals surface area contributed by atoms with Crippen molar-refractivity contribution < 1.29 is 14.3 Å². The van der Waals surface area contributed by atoms with Gasteiger partial charge in [-0.2, -0.15) is 0 Å².